The number of fused-ring (bicyclic) bond motifs is 1. The van der Waals surface area contributed by atoms with Crippen molar-refractivity contribution in [3.8, 4) is 5.75 Å². The number of aliphatic hydroxyl groups is 1. The van der Waals surface area contributed by atoms with E-state index in [0.29, 0.717) is 37.6 Å². The number of benzene rings is 2. The van der Waals surface area contributed by atoms with Crippen LogP contribution in [0.3, 0.4) is 0 Å². The average molecular weight is 570 g/mol. The highest BCUT2D eigenvalue weighted by molar-refractivity contribution is 5.98. The number of carboxylic acids is 1. The topological polar surface area (TPSA) is 103 Å². The minimum Gasteiger partial charge on any atom is -0.490 e. The van der Waals surface area contributed by atoms with Gasteiger partial charge in [0.15, 0.2) is 0 Å². The average Bonchev–Trinajstić information content (AvgIpc) is 2.94. The van der Waals surface area contributed by atoms with Gasteiger partial charge in [0.2, 0.25) is 0 Å². The molecule has 1 aliphatic rings. The van der Waals surface area contributed by atoms with Gasteiger partial charge in [0.1, 0.15) is 5.75 Å². The first kappa shape index (κ1) is 32.4. The molecule has 0 unspecified atom stereocenters. The van der Waals surface area contributed by atoms with Crippen LogP contribution < -0.4 is 9.64 Å². The number of ether oxygens (including phenoxy) is 2. The maximum Gasteiger partial charge on any atom is 0.335 e. The van der Waals surface area contributed by atoms with Crippen molar-refractivity contribution < 1.29 is 29.3 Å². The number of anilines is 1. The number of hydrogen-bond donors (Lipinski definition) is 2. The van der Waals surface area contributed by atoms with Crippen LogP contribution >= 0.6 is 0 Å². The van der Waals surface area contributed by atoms with Gasteiger partial charge >= 0.3 is 5.97 Å². The molecule has 3 rings (SSSR count). The molecule has 2 aromatic carbocycles. The first-order valence-electron chi connectivity index (χ1n) is 14.5. The van der Waals surface area contributed by atoms with Crippen molar-refractivity contribution in [2.45, 2.75) is 64.8 Å². The maximum absolute atomic E-state index is 14.1. The van der Waals surface area contributed by atoms with E-state index < -0.39 is 12.0 Å². The van der Waals surface area contributed by atoms with Crippen molar-refractivity contribution in [1.82, 2.24) is 9.80 Å². The molecular formula is C32H47N3O6. The summed E-state index contributed by atoms with van der Waals surface area (Å²) >= 11 is 0. The summed E-state index contributed by atoms with van der Waals surface area (Å²) in [7, 11) is 5.89. The fourth-order valence-electron chi connectivity index (χ4n) is 5.09. The van der Waals surface area contributed by atoms with Crippen molar-refractivity contribution in [1.29, 1.82) is 0 Å². The second-order valence-corrected chi connectivity index (χ2v) is 11.6. The molecule has 9 heteroatoms. The van der Waals surface area contributed by atoms with Crippen LogP contribution in [0.5, 0.6) is 5.75 Å². The molecule has 1 amide bonds. The third-order valence-corrected chi connectivity index (χ3v) is 7.70. The molecule has 2 N–H and O–H groups in total. The van der Waals surface area contributed by atoms with E-state index in [1.54, 1.807) is 17.0 Å². The molecule has 0 aliphatic carbocycles. The van der Waals surface area contributed by atoms with Gasteiger partial charge in [-0.3, -0.25) is 9.69 Å². The summed E-state index contributed by atoms with van der Waals surface area (Å²) in [5, 5.41) is 19.3. The van der Waals surface area contributed by atoms with Crippen LogP contribution in [0.15, 0.2) is 42.5 Å². The number of aromatic carboxylic acids is 1. The van der Waals surface area contributed by atoms with E-state index in [-0.39, 0.29) is 36.2 Å². The third kappa shape index (κ3) is 9.18. The number of carbonyl (C=O) groups is 2. The van der Waals surface area contributed by atoms with Crippen LogP contribution in [0.4, 0.5) is 5.69 Å². The quantitative estimate of drug-likeness (QED) is 0.483. The Morgan fingerprint density at radius 2 is 1.80 bits per heavy atom. The Kier molecular flexibility index (Phi) is 12.0. The molecule has 0 fully saturated rings. The van der Waals surface area contributed by atoms with Gasteiger partial charge in [-0.15, -0.1) is 0 Å². The number of aliphatic hydroxyl groups excluding tert-OH is 1. The molecule has 226 valence electrons. The van der Waals surface area contributed by atoms with E-state index in [4.69, 9.17) is 9.47 Å². The minimum absolute atomic E-state index is 0.0203. The second-order valence-electron chi connectivity index (χ2n) is 11.6. The van der Waals surface area contributed by atoms with Crippen molar-refractivity contribution in [3.05, 3.63) is 59.2 Å². The minimum atomic E-state index is -0.940. The van der Waals surface area contributed by atoms with Gasteiger partial charge in [0.05, 0.1) is 36.0 Å². The van der Waals surface area contributed by atoms with Crippen LogP contribution in [0.25, 0.3) is 0 Å². The van der Waals surface area contributed by atoms with Crippen molar-refractivity contribution in [2.75, 3.05) is 52.3 Å². The molecular weight excluding hydrogens is 522 g/mol. The fourth-order valence-corrected chi connectivity index (χ4v) is 5.09. The molecule has 9 nitrogen and oxygen atoms in total. The summed E-state index contributed by atoms with van der Waals surface area (Å²) in [5.41, 5.74) is 2.67. The van der Waals surface area contributed by atoms with Crippen LogP contribution in [-0.4, -0.2) is 97.6 Å². The summed E-state index contributed by atoms with van der Waals surface area (Å²) in [6.07, 6.45) is 2.48. The van der Waals surface area contributed by atoms with E-state index in [2.05, 4.69) is 11.8 Å². The van der Waals surface area contributed by atoms with Gasteiger partial charge in [-0.2, -0.15) is 0 Å². The molecule has 0 bridgehead atoms. The number of likely N-dealkylation sites (N-methyl/N-ethyl adjacent to an activating group) is 1. The number of nitrogens with zero attached hydrogens (tertiary/aromatic N) is 3. The lowest BCUT2D eigenvalue weighted by molar-refractivity contribution is -0.0177. The number of amides is 1. The Morgan fingerprint density at radius 3 is 2.44 bits per heavy atom. The van der Waals surface area contributed by atoms with Crippen molar-refractivity contribution >= 4 is 17.6 Å². The highest BCUT2D eigenvalue weighted by atomic mass is 16.5. The molecule has 0 saturated carbocycles. The SMILES string of the molecule is C[C@@H]1CCCCO[C@H](CN(C)Cc2ccc(C(=O)O)cc2)[C@H](C)CN([C@@H](C)CO)C(=O)c2cc(N(C)C)ccc2O1. The number of carboxylic acid groups (broad SMARTS) is 1. The van der Waals surface area contributed by atoms with Crippen LogP contribution in [-0.2, 0) is 11.3 Å². The highest BCUT2D eigenvalue weighted by Crippen LogP contribution is 2.29. The molecule has 0 aromatic heterocycles. The predicted octanol–water partition coefficient (Wildman–Crippen LogP) is 4.38. The highest BCUT2D eigenvalue weighted by Gasteiger charge is 2.30. The fraction of sp³-hybridized carbons (Fsp3) is 0.562. The summed E-state index contributed by atoms with van der Waals surface area (Å²) in [6, 6.07) is 12.2. The standard InChI is InChI=1S/C32H47N3O6/c1-22-18-35(23(2)21-36)31(37)28-17-27(33(4)5)14-15-29(28)41-24(3)9-7-8-16-40-30(22)20-34(6)19-25-10-12-26(13-11-25)32(38)39/h10-15,17,22-24,30,36H,7-9,16,18-21H2,1-6H3,(H,38,39)/t22-,23+,24-,30-/m1/s1. The van der Waals surface area contributed by atoms with Gasteiger partial charge < -0.3 is 29.5 Å². The van der Waals surface area contributed by atoms with Gasteiger partial charge in [-0.25, -0.2) is 4.79 Å². The lowest BCUT2D eigenvalue weighted by Gasteiger charge is -2.36. The van der Waals surface area contributed by atoms with Crippen molar-refractivity contribution in [3.63, 3.8) is 0 Å². The van der Waals surface area contributed by atoms with E-state index in [9.17, 15) is 19.8 Å². The molecule has 2 aromatic rings. The van der Waals surface area contributed by atoms with E-state index in [1.165, 1.54) is 0 Å². The van der Waals surface area contributed by atoms with Crippen molar-refractivity contribution in [2.24, 2.45) is 5.92 Å². The largest absolute Gasteiger partial charge is 0.490 e. The van der Waals surface area contributed by atoms with Gasteiger partial charge in [-0.1, -0.05) is 19.1 Å². The van der Waals surface area contributed by atoms with Crippen LogP contribution in [0, 0.1) is 5.92 Å². The molecule has 1 heterocycles. The maximum atomic E-state index is 14.1. The monoisotopic (exact) mass is 569 g/mol. The summed E-state index contributed by atoms with van der Waals surface area (Å²) in [6.45, 7) is 8.11. The Morgan fingerprint density at radius 1 is 1.10 bits per heavy atom. The molecule has 41 heavy (non-hydrogen) atoms. The van der Waals surface area contributed by atoms with E-state index >= 15 is 0 Å². The normalized spacial score (nSPS) is 21.5. The smallest absolute Gasteiger partial charge is 0.335 e. The summed E-state index contributed by atoms with van der Waals surface area (Å²) in [4.78, 5) is 31.2. The van der Waals surface area contributed by atoms with E-state index in [1.807, 2.05) is 70.2 Å². The third-order valence-electron chi connectivity index (χ3n) is 7.70. The number of rotatable bonds is 8. The molecule has 0 radical (unpaired) electrons. The Labute approximate surface area is 244 Å². The molecule has 4 atom stereocenters. The summed E-state index contributed by atoms with van der Waals surface area (Å²) < 4.78 is 12.7. The molecule has 0 saturated heterocycles. The van der Waals surface area contributed by atoms with Crippen LogP contribution in [0.1, 0.15) is 66.3 Å². The van der Waals surface area contributed by atoms with E-state index in [0.717, 1.165) is 30.5 Å². The first-order chi connectivity index (χ1) is 19.5. The number of carbonyl (C=O) groups excluding carboxylic acids is 1. The second kappa shape index (κ2) is 15.2. The zero-order chi connectivity index (χ0) is 30.1. The zero-order valence-corrected chi connectivity index (χ0v) is 25.4. The lowest BCUT2D eigenvalue weighted by atomic mass is 10.0. The Hall–Kier alpha value is -3.14. The number of hydrogen-bond acceptors (Lipinski definition) is 7. The zero-order valence-electron chi connectivity index (χ0n) is 25.4. The summed E-state index contributed by atoms with van der Waals surface area (Å²) in [5.74, 6) is -0.570. The van der Waals surface area contributed by atoms with Crippen LogP contribution in [0.2, 0.25) is 0 Å². The Bertz CT molecular complexity index is 1140. The predicted molar refractivity (Wildman–Crippen MR) is 161 cm³/mol. The van der Waals surface area contributed by atoms with Gasteiger partial charge in [0.25, 0.3) is 5.91 Å². The molecule has 0 spiro atoms. The molecule has 1 aliphatic heterocycles. The lowest BCUT2D eigenvalue weighted by Crippen LogP contribution is -2.47. The Balaban J connectivity index is 1.87. The first-order valence-corrected chi connectivity index (χ1v) is 14.5. The van der Waals surface area contributed by atoms with Gasteiger partial charge in [0, 0.05) is 51.9 Å². The van der Waals surface area contributed by atoms with Gasteiger partial charge in [-0.05, 0) is 76.1 Å².